The molecule has 3 aromatic rings. The van der Waals surface area contributed by atoms with Gasteiger partial charge in [-0.25, -0.2) is 5.43 Å². The van der Waals surface area contributed by atoms with Crippen molar-refractivity contribution < 1.29 is 4.79 Å². The monoisotopic (exact) mass is 411 g/mol. The number of hydrazone groups is 1. The summed E-state index contributed by atoms with van der Waals surface area (Å²) in [6, 6.07) is 17.2. The normalized spacial score (nSPS) is 11.4. The molecule has 0 atom stereocenters. The van der Waals surface area contributed by atoms with Gasteiger partial charge >= 0.3 is 0 Å². The van der Waals surface area contributed by atoms with Crippen molar-refractivity contribution in [3.8, 4) is 11.4 Å². The largest absolute Gasteiger partial charge is 0.305 e. The summed E-state index contributed by atoms with van der Waals surface area (Å²) < 4.78 is 1.84. The van der Waals surface area contributed by atoms with Crippen molar-refractivity contribution in [2.45, 2.75) is 5.16 Å². The van der Waals surface area contributed by atoms with E-state index >= 15 is 0 Å². The molecule has 6 nitrogen and oxygen atoms in total. The van der Waals surface area contributed by atoms with Crippen LogP contribution in [0.1, 0.15) is 5.56 Å². The number of halogens is 1. The van der Waals surface area contributed by atoms with Gasteiger partial charge in [0.25, 0.3) is 5.91 Å². The highest BCUT2D eigenvalue weighted by Gasteiger charge is 2.12. The molecule has 28 heavy (non-hydrogen) atoms. The molecule has 142 valence electrons. The van der Waals surface area contributed by atoms with Gasteiger partial charge in [0.1, 0.15) is 0 Å². The Kier molecular flexibility index (Phi) is 7.00. The second-order valence-electron chi connectivity index (χ2n) is 5.74. The van der Waals surface area contributed by atoms with Crippen LogP contribution in [-0.2, 0) is 11.8 Å². The van der Waals surface area contributed by atoms with E-state index in [1.807, 2.05) is 60.2 Å². The van der Waals surface area contributed by atoms with E-state index in [0.717, 1.165) is 11.1 Å². The summed E-state index contributed by atoms with van der Waals surface area (Å²) in [7, 11) is 1.86. The number of thioether (sulfide) groups is 1. The Morgan fingerprint density at radius 3 is 2.68 bits per heavy atom. The molecule has 0 radical (unpaired) electrons. The van der Waals surface area contributed by atoms with Crippen LogP contribution in [0.2, 0.25) is 5.02 Å². The fourth-order valence-corrected chi connectivity index (χ4v) is 3.15. The third kappa shape index (κ3) is 5.55. The molecule has 8 heteroatoms. The summed E-state index contributed by atoms with van der Waals surface area (Å²) >= 11 is 7.21. The Morgan fingerprint density at radius 2 is 1.93 bits per heavy atom. The van der Waals surface area contributed by atoms with Crippen molar-refractivity contribution in [1.82, 2.24) is 20.2 Å². The highest BCUT2D eigenvalue weighted by atomic mass is 35.5. The maximum atomic E-state index is 11.9. The molecule has 0 saturated heterocycles. The van der Waals surface area contributed by atoms with Gasteiger partial charge in [-0.1, -0.05) is 59.8 Å². The topological polar surface area (TPSA) is 72.2 Å². The molecule has 0 unspecified atom stereocenters. The van der Waals surface area contributed by atoms with Crippen molar-refractivity contribution in [3.05, 3.63) is 71.3 Å². The fourth-order valence-electron chi connectivity index (χ4n) is 2.32. The SMILES string of the molecule is Cn1c(SCC(=O)N/N=C/C=C/c2ccccc2)nnc1-c1ccc(Cl)cc1. The van der Waals surface area contributed by atoms with E-state index in [9.17, 15) is 4.79 Å². The van der Waals surface area contributed by atoms with E-state index in [2.05, 4.69) is 20.7 Å². The summed E-state index contributed by atoms with van der Waals surface area (Å²) in [6.07, 6.45) is 5.21. The van der Waals surface area contributed by atoms with Crippen molar-refractivity contribution in [2.75, 3.05) is 5.75 Å². The standard InChI is InChI=1S/C20H18ClN5OS/c1-26-19(16-9-11-17(21)12-10-16)24-25-20(26)28-14-18(27)23-22-13-5-8-15-6-3-2-4-7-15/h2-13H,14H2,1H3,(H,23,27)/b8-5+,22-13+. The van der Waals surface area contributed by atoms with Crippen molar-refractivity contribution in [3.63, 3.8) is 0 Å². The number of allylic oxidation sites excluding steroid dienone is 1. The van der Waals surface area contributed by atoms with Gasteiger partial charge in [0, 0.05) is 23.8 Å². The number of carbonyl (C=O) groups excluding carboxylic acids is 1. The first-order valence-corrected chi connectivity index (χ1v) is 9.81. The number of aromatic nitrogens is 3. The first-order valence-electron chi connectivity index (χ1n) is 8.45. The van der Waals surface area contributed by atoms with Crippen LogP contribution in [0, 0.1) is 0 Å². The smallest absolute Gasteiger partial charge is 0.250 e. The second-order valence-corrected chi connectivity index (χ2v) is 7.12. The highest BCUT2D eigenvalue weighted by molar-refractivity contribution is 7.99. The number of hydrogen-bond donors (Lipinski definition) is 1. The van der Waals surface area contributed by atoms with Crippen LogP contribution < -0.4 is 5.43 Å². The quantitative estimate of drug-likeness (QED) is 0.361. The number of nitrogens with one attached hydrogen (secondary N) is 1. The zero-order valence-corrected chi connectivity index (χ0v) is 16.7. The Bertz CT molecular complexity index is 984. The molecular formula is C20H18ClN5OS. The number of rotatable bonds is 7. The lowest BCUT2D eigenvalue weighted by Crippen LogP contribution is -2.19. The average Bonchev–Trinajstić information content (AvgIpc) is 3.08. The Hall–Kier alpha value is -2.90. The number of amides is 1. The third-order valence-electron chi connectivity index (χ3n) is 3.71. The first kappa shape index (κ1) is 19.9. The van der Waals surface area contributed by atoms with E-state index in [1.54, 1.807) is 18.2 Å². The van der Waals surface area contributed by atoms with Gasteiger partial charge in [-0.05, 0) is 35.9 Å². The minimum absolute atomic E-state index is 0.187. The van der Waals surface area contributed by atoms with Gasteiger partial charge in [0.15, 0.2) is 11.0 Å². The molecule has 0 aliphatic carbocycles. The summed E-state index contributed by atoms with van der Waals surface area (Å²) in [5.41, 5.74) is 4.46. The van der Waals surface area contributed by atoms with Gasteiger partial charge in [0.05, 0.1) is 5.75 Å². The molecule has 2 aromatic carbocycles. The van der Waals surface area contributed by atoms with Crippen molar-refractivity contribution >= 4 is 41.6 Å². The molecule has 0 saturated carbocycles. The lowest BCUT2D eigenvalue weighted by Gasteiger charge is -2.03. The minimum atomic E-state index is -0.217. The van der Waals surface area contributed by atoms with Crippen LogP contribution in [0.3, 0.4) is 0 Å². The number of nitrogens with zero attached hydrogens (tertiary/aromatic N) is 4. The van der Waals surface area contributed by atoms with Gasteiger partial charge in [-0.2, -0.15) is 5.10 Å². The molecule has 0 aliphatic rings. The number of hydrogen-bond acceptors (Lipinski definition) is 5. The summed E-state index contributed by atoms with van der Waals surface area (Å²) in [5.74, 6) is 0.681. The zero-order chi connectivity index (χ0) is 19.8. The van der Waals surface area contributed by atoms with E-state index in [0.29, 0.717) is 16.0 Å². The number of carbonyl (C=O) groups is 1. The molecule has 1 N–H and O–H groups in total. The molecule has 1 amide bonds. The fraction of sp³-hybridized carbons (Fsp3) is 0.100. The molecule has 1 aromatic heterocycles. The first-order chi connectivity index (χ1) is 13.6. The molecule has 0 fully saturated rings. The summed E-state index contributed by atoms with van der Waals surface area (Å²) in [6.45, 7) is 0. The average molecular weight is 412 g/mol. The van der Waals surface area contributed by atoms with E-state index < -0.39 is 0 Å². The van der Waals surface area contributed by atoms with Gasteiger partial charge in [0.2, 0.25) is 0 Å². The predicted molar refractivity (Wildman–Crippen MR) is 114 cm³/mol. The second kappa shape index (κ2) is 9.87. The minimum Gasteiger partial charge on any atom is -0.305 e. The van der Waals surface area contributed by atoms with Gasteiger partial charge < -0.3 is 4.57 Å². The third-order valence-corrected chi connectivity index (χ3v) is 4.98. The van der Waals surface area contributed by atoms with Gasteiger partial charge in [-0.3, -0.25) is 4.79 Å². The highest BCUT2D eigenvalue weighted by Crippen LogP contribution is 2.23. The molecule has 0 aliphatic heterocycles. The van der Waals surface area contributed by atoms with Crippen LogP contribution in [-0.4, -0.2) is 32.6 Å². The molecular weight excluding hydrogens is 394 g/mol. The van der Waals surface area contributed by atoms with E-state index in [-0.39, 0.29) is 11.7 Å². The Morgan fingerprint density at radius 1 is 1.18 bits per heavy atom. The number of benzene rings is 2. The molecule has 0 spiro atoms. The zero-order valence-electron chi connectivity index (χ0n) is 15.1. The lowest BCUT2D eigenvalue weighted by molar-refractivity contribution is -0.118. The summed E-state index contributed by atoms with van der Waals surface area (Å²) in [4.78, 5) is 11.9. The molecule has 1 heterocycles. The van der Waals surface area contributed by atoms with Crippen LogP contribution in [0.25, 0.3) is 17.5 Å². The molecule has 0 bridgehead atoms. The summed E-state index contributed by atoms with van der Waals surface area (Å²) in [5, 5.41) is 13.5. The van der Waals surface area contributed by atoms with Crippen LogP contribution in [0.5, 0.6) is 0 Å². The Balaban J connectivity index is 1.49. The van der Waals surface area contributed by atoms with Crippen LogP contribution >= 0.6 is 23.4 Å². The maximum absolute atomic E-state index is 11.9. The Labute approximate surface area is 172 Å². The van der Waals surface area contributed by atoms with Crippen molar-refractivity contribution in [2.24, 2.45) is 12.1 Å². The van der Waals surface area contributed by atoms with E-state index in [4.69, 9.17) is 11.6 Å². The van der Waals surface area contributed by atoms with Crippen LogP contribution in [0.4, 0.5) is 0 Å². The predicted octanol–water partition coefficient (Wildman–Crippen LogP) is 4.04. The maximum Gasteiger partial charge on any atom is 0.250 e. The molecule has 3 rings (SSSR count). The van der Waals surface area contributed by atoms with E-state index in [1.165, 1.54) is 18.0 Å². The van der Waals surface area contributed by atoms with Gasteiger partial charge in [-0.15, -0.1) is 10.2 Å². The van der Waals surface area contributed by atoms with Crippen molar-refractivity contribution in [1.29, 1.82) is 0 Å². The lowest BCUT2D eigenvalue weighted by atomic mass is 10.2. The van der Waals surface area contributed by atoms with Crippen LogP contribution in [0.15, 0.2) is 70.9 Å².